The van der Waals surface area contributed by atoms with Crippen LogP contribution in [0.5, 0.6) is 0 Å². The highest BCUT2D eigenvalue weighted by molar-refractivity contribution is 5.85. The maximum absolute atomic E-state index is 11.7. The topological polar surface area (TPSA) is 32.3 Å². The zero-order valence-electron chi connectivity index (χ0n) is 8.66. The molecule has 1 aliphatic carbocycles. The molecule has 0 aromatic heterocycles. The van der Waals surface area contributed by atoms with Crippen molar-refractivity contribution in [1.29, 1.82) is 0 Å². The van der Waals surface area contributed by atoms with Crippen LogP contribution in [0.15, 0.2) is 0 Å². The number of rotatable bonds is 2. The zero-order chi connectivity index (χ0) is 9.26. The summed E-state index contributed by atoms with van der Waals surface area (Å²) < 4.78 is 0. The van der Waals surface area contributed by atoms with Gasteiger partial charge in [0.2, 0.25) is 5.91 Å². The summed E-state index contributed by atoms with van der Waals surface area (Å²) in [6.07, 6.45) is 4.62. The van der Waals surface area contributed by atoms with E-state index in [-0.39, 0.29) is 12.4 Å². The summed E-state index contributed by atoms with van der Waals surface area (Å²) >= 11 is 0. The molecular weight excluding hydrogens is 200 g/mol. The lowest BCUT2D eigenvalue weighted by molar-refractivity contribution is -0.133. The van der Waals surface area contributed by atoms with E-state index in [0.717, 1.165) is 32.4 Å². The molecule has 0 bridgehead atoms. The minimum absolute atomic E-state index is 0. The van der Waals surface area contributed by atoms with Crippen molar-refractivity contribution in [3.05, 3.63) is 0 Å². The smallest absolute Gasteiger partial charge is 0.225 e. The van der Waals surface area contributed by atoms with Gasteiger partial charge in [-0.3, -0.25) is 4.79 Å². The van der Waals surface area contributed by atoms with Crippen LogP contribution in [0.4, 0.5) is 0 Å². The molecule has 3 nitrogen and oxygen atoms in total. The lowest BCUT2D eigenvalue weighted by Crippen LogP contribution is -2.47. The second-order valence-corrected chi connectivity index (χ2v) is 4.19. The lowest BCUT2D eigenvalue weighted by atomic mass is 10.1. The molecule has 1 saturated heterocycles. The monoisotopic (exact) mass is 218 g/mol. The van der Waals surface area contributed by atoms with Crippen molar-refractivity contribution >= 4 is 18.3 Å². The maximum atomic E-state index is 11.7. The normalized spacial score (nSPS) is 26.9. The highest BCUT2D eigenvalue weighted by Gasteiger charge is 2.34. The Balaban J connectivity index is 0.000000980. The molecule has 1 atom stereocenters. The number of piperidine rings is 1. The molecule has 1 amide bonds. The van der Waals surface area contributed by atoms with E-state index >= 15 is 0 Å². The molecule has 1 saturated carbocycles. The summed E-state index contributed by atoms with van der Waals surface area (Å²) in [6, 6.07) is 0.524. The van der Waals surface area contributed by atoms with Crippen LogP contribution < -0.4 is 5.32 Å². The molecule has 82 valence electrons. The predicted octanol–water partition coefficient (Wildman–Crippen LogP) is 1.03. The Morgan fingerprint density at radius 3 is 2.64 bits per heavy atom. The van der Waals surface area contributed by atoms with E-state index in [4.69, 9.17) is 0 Å². The predicted molar refractivity (Wildman–Crippen MR) is 58.6 cm³/mol. The molecule has 2 aliphatic rings. The fourth-order valence-electron chi connectivity index (χ4n) is 2.00. The molecule has 14 heavy (non-hydrogen) atoms. The number of halogens is 1. The Hall–Kier alpha value is -0.280. The second kappa shape index (κ2) is 4.99. The van der Waals surface area contributed by atoms with Gasteiger partial charge in [0.1, 0.15) is 0 Å². The van der Waals surface area contributed by atoms with Crippen molar-refractivity contribution < 1.29 is 4.79 Å². The van der Waals surface area contributed by atoms with Crippen molar-refractivity contribution in [3.8, 4) is 0 Å². The first-order valence-corrected chi connectivity index (χ1v) is 5.27. The Labute approximate surface area is 91.6 Å². The van der Waals surface area contributed by atoms with Gasteiger partial charge in [0.15, 0.2) is 0 Å². The van der Waals surface area contributed by atoms with Crippen LogP contribution in [-0.2, 0) is 4.79 Å². The summed E-state index contributed by atoms with van der Waals surface area (Å²) in [4.78, 5) is 13.8. The molecule has 0 aromatic carbocycles. The molecule has 2 rings (SSSR count). The molecule has 1 N–H and O–H groups in total. The Bertz CT molecular complexity index is 206. The quantitative estimate of drug-likeness (QED) is 0.751. The number of nitrogens with zero attached hydrogens (tertiary/aromatic N) is 1. The largest absolute Gasteiger partial charge is 0.341 e. The minimum Gasteiger partial charge on any atom is -0.341 e. The second-order valence-electron chi connectivity index (χ2n) is 4.19. The zero-order valence-corrected chi connectivity index (χ0v) is 9.48. The van der Waals surface area contributed by atoms with Gasteiger partial charge in [-0.05, 0) is 32.7 Å². The minimum atomic E-state index is 0. The van der Waals surface area contributed by atoms with Crippen molar-refractivity contribution in [2.24, 2.45) is 5.92 Å². The van der Waals surface area contributed by atoms with Crippen molar-refractivity contribution in [1.82, 2.24) is 10.2 Å². The molecule has 1 aliphatic heterocycles. The van der Waals surface area contributed by atoms with Gasteiger partial charge in [0, 0.05) is 25.0 Å². The average Bonchev–Trinajstić information content (AvgIpc) is 3.00. The number of likely N-dealkylation sites (tertiary alicyclic amines) is 1. The van der Waals surface area contributed by atoms with E-state index in [2.05, 4.69) is 5.32 Å². The van der Waals surface area contributed by atoms with Crippen molar-refractivity contribution in [2.45, 2.75) is 31.7 Å². The number of likely N-dealkylation sites (N-methyl/N-ethyl adjacent to an activating group) is 1. The third-order valence-corrected chi connectivity index (χ3v) is 3.07. The van der Waals surface area contributed by atoms with Crippen LogP contribution in [0.2, 0.25) is 0 Å². The third-order valence-electron chi connectivity index (χ3n) is 3.07. The van der Waals surface area contributed by atoms with Gasteiger partial charge in [-0.25, -0.2) is 0 Å². The first kappa shape index (κ1) is 11.8. The van der Waals surface area contributed by atoms with Crippen LogP contribution in [0.3, 0.4) is 0 Å². The van der Waals surface area contributed by atoms with Gasteiger partial charge in [0.25, 0.3) is 0 Å². The third kappa shape index (κ3) is 2.61. The molecule has 2 fully saturated rings. The van der Waals surface area contributed by atoms with Gasteiger partial charge in [0.05, 0.1) is 0 Å². The van der Waals surface area contributed by atoms with Crippen LogP contribution in [0.1, 0.15) is 25.7 Å². The Morgan fingerprint density at radius 1 is 1.36 bits per heavy atom. The molecule has 0 aromatic rings. The van der Waals surface area contributed by atoms with E-state index in [9.17, 15) is 4.79 Å². The number of hydrogen-bond donors (Lipinski definition) is 1. The number of carbonyl (C=O) groups excluding carboxylic acids is 1. The van der Waals surface area contributed by atoms with Crippen molar-refractivity contribution in [2.75, 3.05) is 20.1 Å². The molecule has 4 heteroatoms. The summed E-state index contributed by atoms with van der Waals surface area (Å²) in [7, 11) is 1.98. The van der Waals surface area contributed by atoms with Crippen LogP contribution in [0, 0.1) is 5.92 Å². The fraction of sp³-hybridized carbons (Fsp3) is 0.900. The fourth-order valence-corrected chi connectivity index (χ4v) is 2.00. The standard InChI is InChI=1S/C10H18N2O.ClH/c1-11-9-3-2-6-12(7-9)10(13)8-4-5-8;/h8-9,11H,2-7H2,1H3;1H/t9-;/m1./s1. The Kier molecular flexibility index (Phi) is 4.20. The first-order valence-electron chi connectivity index (χ1n) is 5.27. The highest BCUT2D eigenvalue weighted by Crippen LogP contribution is 2.31. The SMILES string of the molecule is CN[C@@H]1CCCN(C(=O)C2CC2)C1.Cl. The number of hydrogen-bond acceptors (Lipinski definition) is 2. The maximum Gasteiger partial charge on any atom is 0.225 e. The van der Waals surface area contributed by atoms with Gasteiger partial charge in [-0.2, -0.15) is 0 Å². The first-order chi connectivity index (χ1) is 6.31. The number of nitrogens with one attached hydrogen (secondary N) is 1. The van der Waals surface area contributed by atoms with Crippen LogP contribution in [0.25, 0.3) is 0 Å². The summed E-state index contributed by atoms with van der Waals surface area (Å²) in [5, 5.41) is 3.25. The summed E-state index contributed by atoms with van der Waals surface area (Å²) in [6.45, 7) is 1.90. The van der Waals surface area contributed by atoms with E-state index in [1.54, 1.807) is 0 Å². The molecule has 0 unspecified atom stereocenters. The number of carbonyl (C=O) groups is 1. The Morgan fingerprint density at radius 2 is 2.07 bits per heavy atom. The van der Waals surface area contributed by atoms with Gasteiger partial charge >= 0.3 is 0 Å². The number of amides is 1. The van der Waals surface area contributed by atoms with E-state index in [1.807, 2.05) is 11.9 Å². The summed E-state index contributed by atoms with van der Waals surface area (Å²) in [5.74, 6) is 0.788. The van der Waals surface area contributed by atoms with Gasteiger partial charge in [-0.1, -0.05) is 0 Å². The molecule has 0 spiro atoms. The van der Waals surface area contributed by atoms with E-state index in [0.29, 0.717) is 17.9 Å². The average molecular weight is 219 g/mol. The van der Waals surface area contributed by atoms with E-state index in [1.165, 1.54) is 6.42 Å². The van der Waals surface area contributed by atoms with Gasteiger partial charge < -0.3 is 10.2 Å². The highest BCUT2D eigenvalue weighted by atomic mass is 35.5. The molecular formula is C10H19ClN2O. The van der Waals surface area contributed by atoms with Crippen LogP contribution >= 0.6 is 12.4 Å². The van der Waals surface area contributed by atoms with Crippen molar-refractivity contribution in [3.63, 3.8) is 0 Å². The van der Waals surface area contributed by atoms with E-state index < -0.39 is 0 Å². The summed E-state index contributed by atoms with van der Waals surface area (Å²) in [5.41, 5.74) is 0. The molecule has 0 radical (unpaired) electrons. The van der Waals surface area contributed by atoms with Crippen LogP contribution in [-0.4, -0.2) is 37.0 Å². The molecule has 1 heterocycles. The lowest BCUT2D eigenvalue weighted by Gasteiger charge is -2.32. The van der Waals surface area contributed by atoms with Gasteiger partial charge in [-0.15, -0.1) is 12.4 Å².